The van der Waals surface area contributed by atoms with Gasteiger partial charge in [-0.3, -0.25) is 9.59 Å². The maximum absolute atomic E-state index is 12.6. The SMILES string of the molecule is CCC(CC(C)C(N)=O)C(=O)NC1CC(C)(C)N(O)C(C)(C)C1. The van der Waals surface area contributed by atoms with Crippen molar-refractivity contribution in [2.75, 3.05) is 0 Å². The molecule has 134 valence electrons. The second-order valence-electron chi connectivity index (χ2n) is 8.19. The summed E-state index contributed by atoms with van der Waals surface area (Å²) in [5.41, 5.74) is 4.50. The number of rotatable bonds is 6. The second kappa shape index (κ2) is 7.18. The Hall–Kier alpha value is -1.14. The average Bonchev–Trinajstić information content (AvgIpc) is 2.40. The Kier molecular flexibility index (Phi) is 6.21. The van der Waals surface area contributed by atoms with Crippen molar-refractivity contribution >= 4 is 11.8 Å². The Morgan fingerprint density at radius 1 is 1.26 bits per heavy atom. The van der Waals surface area contributed by atoms with Gasteiger partial charge in [-0.05, 0) is 53.4 Å². The first-order valence-corrected chi connectivity index (χ1v) is 8.49. The Bertz CT molecular complexity index is 430. The predicted molar refractivity (Wildman–Crippen MR) is 89.7 cm³/mol. The molecule has 6 heteroatoms. The van der Waals surface area contributed by atoms with Crippen LogP contribution >= 0.6 is 0 Å². The Morgan fingerprint density at radius 2 is 1.74 bits per heavy atom. The van der Waals surface area contributed by atoms with Crippen molar-refractivity contribution in [3.63, 3.8) is 0 Å². The van der Waals surface area contributed by atoms with Crippen molar-refractivity contribution < 1.29 is 14.8 Å². The molecule has 1 aliphatic rings. The third-order valence-electron chi connectivity index (χ3n) is 4.97. The monoisotopic (exact) mass is 327 g/mol. The number of amides is 2. The van der Waals surface area contributed by atoms with Crippen LogP contribution in [0.3, 0.4) is 0 Å². The van der Waals surface area contributed by atoms with Gasteiger partial charge < -0.3 is 16.3 Å². The number of hydrogen-bond acceptors (Lipinski definition) is 4. The summed E-state index contributed by atoms with van der Waals surface area (Å²) < 4.78 is 0. The first-order chi connectivity index (χ1) is 10.4. The number of carbonyl (C=O) groups is 2. The van der Waals surface area contributed by atoms with Gasteiger partial charge in [0.25, 0.3) is 0 Å². The lowest BCUT2D eigenvalue weighted by Crippen LogP contribution is -2.63. The van der Waals surface area contributed by atoms with Crippen LogP contribution in [0.2, 0.25) is 0 Å². The molecule has 4 N–H and O–H groups in total. The lowest BCUT2D eigenvalue weighted by molar-refractivity contribution is -0.246. The third kappa shape index (κ3) is 4.91. The Morgan fingerprint density at radius 3 is 2.13 bits per heavy atom. The molecule has 0 spiro atoms. The van der Waals surface area contributed by atoms with Gasteiger partial charge in [0.05, 0.1) is 0 Å². The highest BCUT2D eigenvalue weighted by Gasteiger charge is 2.45. The van der Waals surface area contributed by atoms with Crippen molar-refractivity contribution in [3.05, 3.63) is 0 Å². The summed E-state index contributed by atoms with van der Waals surface area (Å²) in [6.45, 7) is 11.6. The van der Waals surface area contributed by atoms with E-state index in [1.54, 1.807) is 6.92 Å². The summed E-state index contributed by atoms with van der Waals surface area (Å²) in [6.07, 6.45) is 2.51. The summed E-state index contributed by atoms with van der Waals surface area (Å²) in [4.78, 5) is 23.8. The van der Waals surface area contributed by atoms with E-state index in [2.05, 4.69) is 5.32 Å². The molecule has 0 saturated carbocycles. The van der Waals surface area contributed by atoms with Crippen molar-refractivity contribution in [1.29, 1.82) is 0 Å². The molecule has 1 aliphatic heterocycles. The molecule has 0 aliphatic carbocycles. The van der Waals surface area contributed by atoms with Crippen LogP contribution in [0.1, 0.15) is 67.2 Å². The first-order valence-electron chi connectivity index (χ1n) is 8.49. The van der Waals surface area contributed by atoms with E-state index in [9.17, 15) is 14.8 Å². The molecule has 2 amide bonds. The van der Waals surface area contributed by atoms with E-state index in [4.69, 9.17) is 5.73 Å². The normalized spacial score (nSPS) is 24.0. The van der Waals surface area contributed by atoms with Crippen LogP contribution in [0.15, 0.2) is 0 Å². The van der Waals surface area contributed by atoms with E-state index >= 15 is 0 Å². The topological polar surface area (TPSA) is 95.7 Å². The van der Waals surface area contributed by atoms with E-state index in [1.807, 2.05) is 34.6 Å². The fourth-order valence-electron chi connectivity index (χ4n) is 3.69. The fourth-order valence-corrected chi connectivity index (χ4v) is 3.69. The number of nitrogens with one attached hydrogen (secondary N) is 1. The van der Waals surface area contributed by atoms with Gasteiger partial charge >= 0.3 is 0 Å². The molecule has 1 fully saturated rings. The molecule has 2 unspecified atom stereocenters. The van der Waals surface area contributed by atoms with Gasteiger partial charge in [0, 0.05) is 29.0 Å². The second-order valence-corrected chi connectivity index (χ2v) is 8.19. The summed E-state index contributed by atoms with van der Waals surface area (Å²) in [5, 5.41) is 14.8. The molecule has 1 rings (SSSR count). The lowest BCUT2D eigenvalue weighted by atomic mass is 9.78. The number of primary amides is 1. The molecular formula is C17H33N3O3. The minimum Gasteiger partial charge on any atom is -0.369 e. The van der Waals surface area contributed by atoms with Crippen LogP contribution in [0.5, 0.6) is 0 Å². The maximum atomic E-state index is 12.6. The lowest BCUT2D eigenvalue weighted by Gasteiger charge is -2.51. The van der Waals surface area contributed by atoms with Gasteiger partial charge in [-0.25, -0.2) is 0 Å². The zero-order valence-electron chi connectivity index (χ0n) is 15.3. The molecule has 1 heterocycles. The fraction of sp³-hybridized carbons (Fsp3) is 0.882. The van der Waals surface area contributed by atoms with Crippen LogP contribution in [0.4, 0.5) is 0 Å². The molecule has 0 aromatic carbocycles. The summed E-state index contributed by atoms with van der Waals surface area (Å²) in [5.74, 6) is -0.913. The predicted octanol–water partition coefficient (Wildman–Crippen LogP) is 2.05. The highest BCUT2D eigenvalue weighted by molar-refractivity contribution is 5.81. The standard InChI is InChI=1S/C17H33N3O3/c1-7-12(8-11(2)14(18)21)15(22)19-13-9-16(3,4)20(23)17(5,6)10-13/h11-13,23H,7-10H2,1-6H3,(H2,18,21)(H,19,22). The maximum Gasteiger partial charge on any atom is 0.223 e. The molecule has 23 heavy (non-hydrogen) atoms. The highest BCUT2D eigenvalue weighted by atomic mass is 16.5. The van der Waals surface area contributed by atoms with E-state index in [0.717, 1.165) is 0 Å². The molecule has 0 aromatic heterocycles. The van der Waals surface area contributed by atoms with Crippen LogP contribution in [-0.4, -0.2) is 39.2 Å². The molecule has 2 atom stereocenters. The van der Waals surface area contributed by atoms with E-state index in [1.165, 1.54) is 5.06 Å². The van der Waals surface area contributed by atoms with Crippen LogP contribution in [-0.2, 0) is 9.59 Å². The van der Waals surface area contributed by atoms with Gasteiger partial charge in [0.15, 0.2) is 0 Å². The Balaban J connectivity index is 2.74. The van der Waals surface area contributed by atoms with Gasteiger partial charge in [-0.1, -0.05) is 13.8 Å². The number of nitrogens with zero attached hydrogens (tertiary/aromatic N) is 1. The van der Waals surface area contributed by atoms with Crippen molar-refractivity contribution in [3.8, 4) is 0 Å². The van der Waals surface area contributed by atoms with E-state index in [0.29, 0.717) is 25.7 Å². The number of piperidine rings is 1. The molecule has 6 nitrogen and oxygen atoms in total. The van der Waals surface area contributed by atoms with Crippen LogP contribution < -0.4 is 11.1 Å². The zero-order valence-corrected chi connectivity index (χ0v) is 15.3. The van der Waals surface area contributed by atoms with E-state index < -0.39 is 11.1 Å². The number of nitrogens with two attached hydrogens (primary N) is 1. The van der Waals surface area contributed by atoms with Gasteiger partial charge in [-0.2, -0.15) is 5.06 Å². The molecule has 1 saturated heterocycles. The van der Waals surface area contributed by atoms with Crippen molar-refractivity contribution in [2.24, 2.45) is 17.6 Å². The summed E-state index contributed by atoms with van der Waals surface area (Å²) in [6, 6.07) is 0.00818. The van der Waals surface area contributed by atoms with Gasteiger partial charge in [0.2, 0.25) is 11.8 Å². The minimum absolute atomic E-state index is 0.00818. The van der Waals surface area contributed by atoms with Crippen molar-refractivity contribution in [1.82, 2.24) is 10.4 Å². The van der Waals surface area contributed by atoms with Gasteiger partial charge in [0.1, 0.15) is 0 Å². The third-order valence-corrected chi connectivity index (χ3v) is 4.97. The molecular weight excluding hydrogens is 294 g/mol. The van der Waals surface area contributed by atoms with Crippen molar-refractivity contribution in [2.45, 2.75) is 84.3 Å². The summed E-state index contributed by atoms with van der Waals surface area (Å²) in [7, 11) is 0. The van der Waals surface area contributed by atoms with Gasteiger partial charge in [-0.15, -0.1) is 0 Å². The zero-order chi connectivity index (χ0) is 18.0. The largest absolute Gasteiger partial charge is 0.369 e. The van der Waals surface area contributed by atoms with E-state index in [-0.39, 0.29) is 29.7 Å². The minimum atomic E-state index is -0.401. The van der Waals surface area contributed by atoms with Crippen LogP contribution in [0.25, 0.3) is 0 Å². The quantitative estimate of drug-likeness (QED) is 0.696. The number of carbonyl (C=O) groups excluding carboxylic acids is 2. The Labute approximate surface area is 139 Å². The smallest absolute Gasteiger partial charge is 0.223 e. The number of hydrogen-bond donors (Lipinski definition) is 3. The summed E-state index contributed by atoms with van der Waals surface area (Å²) >= 11 is 0. The average molecular weight is 327 g/mol. The molecule has 0 bridgehead atoms. The first kappa shape index (κ1) is 19.9. The van der Waals surface area contributed by atoms with Crippen LogP contribution in [0, 0.1) is 11.8 Å². The molecule has 0 aromatic rings. The molecule has 0 radical (unpaired) electrons. The number of hydroxylamine groups is 2. The highest BCUT2D eigenvalue weighted by Crippen LogP contribution is 2.36.